The van der Waals surface area contributed by atoms with Crippen molar-refractivity contribution in [3.05, 3.63) is 0 Å². The Balaban J connectivity index is 1.75. The summed E-state index contributed by atoms with van der Waals surface area (Å²) in [4.78, 5) is 60.3. The maximum Gasteiger partial charge on any atom is 0.326 e. The summed E-state index contributed by atoms with van der Waals surface area (Å²) >= 11 is 0. The molecule has 0 radical (unpaired) electrons. The van der Waals surface area contributed by atoms with E-state index in [1.807, 2.05) is 0 Å². The molecular formula is C17H26N4O6. The van der Waals surface area contributed by atoms with Crippen LogP contribution >= 0.6 is 0 Å². The number of ether oxygens (including phenoxy) is 1. The second-order valence-electron chi connectivity index (χ2n) is 6.77. The highest BCUT2D eigenvalue weighted by molar-refractivity contribution is 6.08. The Morgan fingerprint density at radius 1 is 1.19 bits per heavy atom. The van der Waals surface area contributed by atoms with Gasteiger partial charge in [0, 0.05) is 6.04 Å². The molecule has 0 atom stereocenters. The molecule has 0 aromatic heterocycles. The summed E-state index contributed by atoms with van der Waals surface area (Å²) in [5.41, 5.74) is -1.01. The van der Waals surface area contributed by atoms with Crippen LogP contribution in [0.4, 0.5) is 9.59 Å². The third kappa shape index (κ3) is 4.95. The van der Waals surface area contributed by atoms with Crippen molar-refractivity contribution < 1.29 is 28.7 Å². The van der Waals surface area contributed by atoms with E-state index in [2.05, 4.69) is 16.0 Å². The molecule has 10 nitrogen and oxygen atoms in total. The zero-order valence-electron chi connectivity index (χ0n) is 15.6. The highest BCUT2D eigenvalue weighted by Gasteiger charge is 2.49. The zero-order chi connectivity index (χ0) is 20.0. The molecule has 1 aliphatic heterocycles. The molecule has 0 spiro atoms. The monoisotopic (exact) mass is 382 g/mol. The topological polar surface area (TPSA) is 134 Å². The van der Waals surface area contributed by atoms with Crippen LogP contribution in [0.1, 0.15) is 52.4 Å². The molecule has 0 unspecified atom stereocenters. The van der Waals surface area contributed by atoms with Gasteiger partial charge in [-0.1, -0.05) is 26.7 Å². The number of nitrogens with zero attached hydrogens (tertiary/aromatic N) is 1. The predicted molar refractivity (Wildman–Crippen MR) is 93.4 cm³/mol. The SMILES string of the molecule is CCC1(CC)NC(=O)N(CC(=O)OCC(=O)NC(=O)NC2CCCC2)C1=O. The van der Waals surface area contributed by atoms with Gasteiger partial charge in [-0.3, -0.25) is 24.6 Å². The van der Waals surface area contributed by atoms with E-state index in [1.54, 1.807) is 13.8 Å². The van der Waals surface area contributed by atoms with Crippen LogP contribution in [0.25, 0.3) is 0 Å². The first-order valence-electron chi connectivity index (χ1n) is 9.21. The highest BCUT2D eigenvalue weighted by Crippen LogP contribution is 2.24. The van der Waals surface area contributed by atoms with Crippen molar-refractivity contribution in [2.75, 3.05) is 13.2 Å². The Bertz CT molecular complexity index is 625. The lowest BCUT2D eigenvalue weighted by Crippen LogP contribution is -2.46. The molecule has 2 fully saturated rings. The summed E-state index contributed by atoms with van der Waals surface area (Å²) in [5.74, 6) is -2.18. The number of urea groups is 2. The molecule has 0 aromatic carbocycles. The minimum Gasteiger partial charge on any atom is -0.454 e. The van der Waals surface area contributed by atoms with E-state index >= 15 is 0 Å². The number of carbonyl (C=O) groups excluding carboxylic acids is 5. The summed E-state index contributed by atoms with van der Waals surface area (Å²) < 4.78 is 4.76. The smallest absolute Gasteiger partial charge is 0.326 e. The molecule has 150 valence electrons. The van der Waals surface area contributed by atoms with Crippen LogP contribution in [0.5, 0.6) is 0 Å². The lowest BCUT2D eigenvalue weighted by atomic mass is 9.93. The van der Waals surface area contributed by atoms with Gasteiger partial charge in [0.2, 0.25) is 0 Å². The van der Waals surface area contributed by atoms with E-state index < -0.39 is 48.5 Å². The quantitative estimate of drug-likeness (QED) is 0.431. The Hall–Kier alpha value is -2.65. The van der Waals surface area contributed by atoms with Crippen LogP contribution in [0.3, 0.4) is 0 Å². The minimum absolute atomic E-state index is 0.0532. The number of hydrogen-bond donors (Lipinski definition) is 3. The molecule has 0 aromatic rings. The summed E-state index contributed by atoms with van der Waals surface area (Å²) in [6, 6.07) is -1.24. The first-order chi connectivity index (χ1) is 12.8. The molecule has 1 heterocycles. The Morgan fingerprint density at radius 3 is 2.37 bits per heavy atom. The number of hydrogen-bond acceptors (Lipinski definition) is 6. The van der Waals surface area contributed by atoms with Crippen molar-refractivity contribution in [3.63, 3.8) is 0 Å². The third-order valence-electron chi connectivity index (χ3n) is 5.05. The third-order valence-corrected chi connectivity index (χ3v) is 5.05. The molecule has 1 saturated carbocycles. The average Bonchev–Trinajstić information content (AvgIpc) is 3.21. The zero-order valence-corrected chi connectivity index (χ0v) is 15.6. The fourth-order valence-electron chi connectivity index (χ4n) is 3.32. The van der Waals surface area contributed by atoms with Gasteiger partial charge in [-0.05, 0) is 25.7 Å². The number of amides is 6. The molecule has 1 aliphatic carbocycles. The Kier molecular flexibility index (Phi) is 6.75. The molecule has 27 heavy (non-hydrogen) atoms. The Morgan fingerprint density at radius 2 is 1.81 bits per heavy atom. The van der Waals surface area contributed by atoms with E-state index in [1.165, 1.54) is 0 Å². The van der Waals surface area contributed by atoms with E-state index in [-0.39, 0.29) is 6.04 Å². The van der Waals surface area contributed by atoms with Crippen molar-refractivity contribution in [1.29, 1.82) is 0 Å². The second-order valence-corrected chi connectivity index (χ2v) is 6.77. The fourth-order valence-corrected chi connectivity index (χ4v) is 3.32. The Labute approximate surface area is 157 Å². The van der Waals surface area contributed by atoms with Crippen LogP contribution < -0.4 is 16.0 Å². The summed E-state index contributed by atoms with van der Waals surface area (Å²) in [5, 5.41) is 7.35. The molecule has 6 amide bonds. The van der Waals surface area contributed by atoms with Crippen molar-refractivity contribution in [2.45, 2.75) is 64.0 Å². The molecule has 1 saturated heterocycles. The summed E-state index contributed by atoms with van der Waals surface area (Å²) in [6.07, 6.45) is 4.63. The van der Waals surface area contributed by atoms with Gasteiger partial charge in [0.1, 0.15) is 12.1 Å². The number of imide groups is 2. The van der Waals surface area contributed by atoms with Gasteiger partial charge < -0.3 is 15.4 Å². The molecule has 10 heteroatoms. The lowest BCUT2D eigenvalue weighted by Gasteiger charge is -2.22. The first-order valence-corrected chi connectivity index (χ1v) is 9.21. The second kappa shape index (κ2) is 8.83. The van der Waals surface area contributed by atoms with E-state index in [4.69, 9.17) is 4.74 Å². The van der Waals surface area contributed by atoms with Crippen molar-refractivity contribution in [1.82, 2.24) is 20.9 Å². The van der Waals surface area contributed by atoms with Gasteiger partial charge in [0.15, 0.2) is 6.61 Å². The normalized spacial score (nSPS) is 19.0. The molecule has 3 N–H and O–H groups in total. The highest BCUT2D eigenvalue weighted by atomic mass is 16.5. The number of esters is 1. The van der Waals surface area contributed by atoms with Crippen LogP contribution in [0, 0.1) is 0 Å². The summed E-state index contributed by atoms with van der Waals surface area (Å²) in [7, 11) is 0. The fraction of sp³-hybridized carbons (Fsp3) is 0.706. The van der Waals surface area contributed by atoms with Crippen molar-refractivity contribution in [3.8, 4) is 0 Å². The van der Waals surface area contributed by atoms with Gasteiger partial charge in [0.05, 0.1) is 0 Å². The minimum atomic E-state index is -1.01. The van der Waals surface area contributed by atoms with Crippen LogP contribution in [0.2, 0.25) is 0 Å². The van der Waals surface area contributed by atoms with Crippen molar-refractivity contribution >= 4 is 29.8 Å². The number of nitrogens with one attached hydrogen (secondary N) is 3. The van der Waals surface area contributed by atoms with Crippen LogP contribution in [-0.2, 0) is 19.1 Å². The average molecular weight is 382 g/mol. The lowest BCUT2D eigenvalue weighted by molar-refractivity contribution is -0.151. The van der Waals surface area contributed by atoms with Gasteiger partial charge in [-0.25, -0.2) is 9.59 Å². The number of carbonyl (C=O) groups is 5. The summed E-state index contributed by atoms with van der Waals surface area (Å²) in [6.45, 7) is 2.27. The van der Waals surface area contributed by atoms with E-state index in [0.717, 1.165) is 30.6 Å². The molecule has 2 rings (SSSR count). The molecule has 0 bridgehead atoms. The van der Waals surface area contributed by atoms with E-state index in [9.17, 15) is 24.0 Å². The largest absolute Gasteiger partial charge is 0.454 e. The maximum absolute atomic E-state index is 12.4. The first kappa shape index (κ1) is 20.7. The van der Waals surface area contributed by atoms with Crippen LogP contribution in [0.15, 0.2) is 0 Å². The van der Waals surface area contributed by atoms with Gasteiger partial charge in [0.25, 0.3) is 11.8 Å². The standard InChI is InChI=1S/C17H26N4O6/c1-3-17(4-2)14(24)21(16(26)20-17)9-13(23)27-10-12(22)19-15(25)18-11-7-5-6-8-11/h11H,3-10H2,1-2H3,(H,20,26)(H2,18,19,22,25). The van der Waals surface area contributed by atoms with Gasteiger partial charge in [-0.15, -0.1) is 0 Å². The predicted octanol–water partition coefficient (Wildman–Crippen LogP) is 0.409. The molecular weight excluding hydrogens is 356 g/mol. The maximum atomic E-state index is 12.4. The van der Waals surface area contributed by atoms with Crippen molar-refractivity contribution in [2.24, 2.45) is 0 Å². The van der Waals surface area contributed by atoms with Gasteiger partial charge >= 0.3 is 18.0 Å². The van der Waals surface area contributed by atoms with Gasteiger partial charge in [-0.2, -0.15) is 0 Å². The van der Waals surface area contributed by atoms with Crippen LogP contribution in [-0.4, -0.2) is 59.5 Å². The number of rotatable bonds is 7. The van der Waals surface area contributed by atoms with E-state index in [0.29, 0.717) is 12.8 Å². The molecule has 2 aliphatic rings.